The van der Waals surface area contributed by atoms with Crippen LogP contribution in [-0.2, 0) is 6.42 Å². The van der Waals surface area contributed by atoms with E-state index in [1.165, 1.54) is 19.3 Å². The van der Waals surface area contributed by atoms with Gasteiger partial charge in [-0.1, -0.05) is 23.2 Å². The van der Waals surface area contributed by atoms with Gasteiger partial charge in [-0.05, 0) is 43.7 Å². The van der Waals surface area contributed by atoms with Gasteiger partial charge in [-0.25, -0.2) is 0 Å². The first-order valence-electron chi connectivity index (χ1n) is 6.63. The molecule has 1 N–H and O–H groups in total. The molecule has 1 atom stereocenters. The van der Waals surface area contributed by atoms with E-state index in [1.54, 1.807) is 0 Å². The molecule has 1 saturated heterocycles. The maximum Gasteiger partial charge on any atom is 0.228 e. The Bertz CT molecular complexity index is 532. The molecule has 1 aliphatic heterocycles. The summed E-state index contributed by atoms with van der Waals surface area (Å²) in [6.07, 6.45) is 4.52. The maximum atomic E-state index is 5.86. The largest absolute Gasteiger partial charge is 0.339 e. The van der Waals surface area contributed by atoms with Gasteiger partial charge in [-0.3, -0.25) is 0 Å². The lowest BCUT2D eigenvalue weighted by molar-refractivity contribution is 0.332. The molecule has 19 heavy (non-hydrogen) atoms. The first-order valence-corrected chi connectivity index (χ1v) is 7.01. The SMILES string of the molecule is Clc1ccc(-c2noc(CC3CCCCN3)n2)cc1. The van der Waals surface area contributed by atoms with E-state index in [0.717, 1.165) is 18.5 Å². The van der Waals surface area contributed by atoms with Gasteiger partial charge in [-0.2, -0.15) is 4.98 Å². The molecule has 1 aliphatic rings. The Balaban J connectivity index is 1.70. The normalized spacial score (nSPS) is 19.5. The second-order valence-corrected chi connectivity index (χ2v) is 5.31. The zero-order valence-corrected chi connectivity index (χ0v) is 11.4. The van der Waals surface area contributed by atoms with Gasteiger partial charge in [0, 0.05) is 23.0 Å². The lowest BCUT2D eigenvalue weighted by Gasteiger charge is -2.21. The number of nitrogens with one attached hydrogen (secondary N) is 1. The number of rotatable bonds is 3. The minimum absolute atomic E-state index is 0.465. The first-order chi connectivity index (χ1) is 9.31. The molecule has 100 valence electrons. The van der Waals surface area contributed by atoms with Crippen LogP contribution < -0.4 is 5.32 Å². The lowest BCUT2D eigenvalue weighted by Crippen LogP contribution is -2.35. The van der Waals surface area contributed by atoms with Gasteiger partial charge < -0.3 is 9.84 Å². The molecule has 5 heteroatoms. The molecule has 1 aromatic carbocycles. The second kappa shape index (κ2) is 5.72. The Labute approximate surface area is 117 Å². The summed E-state index contributed by atoms with van der Waals surface area (Å²) in [5.74, 6) is 1.33. The van der Waals surface area contributed by atoms with E-state index in [1.807, 2.05) is 24.3 Å². The average molecular weight is 278 g/mol. The number of hydrogen-bond acceptors (Lipinski definition) is 4. The van der Waals surface area contributed by atoms with E-state index in [-0.39, 0.29) is 0 Å². The van der Waals surface area contributed by atoms with Crippen LogP contribution >= 0.6 is 11.6 Å². The van der Waals surface area contributed by atoms with E-state index in [9.17, 15) is 0 Å². The Morgan fingerprint density at radius 3 is 2.84 bits per heavy atom. The van der Waals surface area contributed by atoms with Crippen molar-refractivity contribution in [1.82, 2.24) is 15.5 Å². The minimum atomic E-state index is 0.465. The van der Waals surface area contributed by atoms with E-state index in [0.29, 0.717) is 22.8 Å². The summed E-state index contributed by atoms with van der Waals surface area (Å²) in [5.41, 5.74) is 0.927. The van der Waals surface area contributed by atoms with Crippen LogP contribution in [0.4, 0.5) is 0 Å². The van der Waals surface area contributed by atoms with Crippen molar-refractivity contribution < 1.29 is 4.52 Å². The summed E-state index contributed by atoms with van der Waals surface area (Å²) in [7, 11) is 0. The lowest BCUT2D eigenvalue weighted by atomic mass is 10.0. The number of hydrogen-bond donors (Lipinski definition) is 1. The molecule has 0 bridgehead atoms. The molecule has 0 spiro atoms. The summed E-state index contributed by atoms with van der Waals surface area (Å²) in [6.45, 7) is 1.09. The molecule has 2 aromatic rings. The van der Waals surface area contributed by atoms with Crippen LogP contribution in [0.25, 0.3) is 11.4 Å². The third-order valence-corrected chi connectivity index (χ3v) is 3.66. The van der Waals surface area contributed by atoms with Crippen LogP contribution in [0.2, 0.25) is 5.02 Å². The van der Waals surface area contributed by atoms with Crippen molar-refractivity contribution in [3.8, 4) is 11.4 Å². The van der Waals surface area contributed by atoms with Gasteiger partial charge in [0.05, 0.1) is 0 Å². The predicted molar refractivity (Wildman–Crippen MR) is 74.1 cm³/mol. The molecule has 4 nitrogen and oxygen atoms in total. The van der Waals surface area contributed by atoms with Crippen LogP contribution in [-0.4, -0.2) is 22.7 Å². The summed E-state index contributed by atoms with van der Waals surface area (Å²) in [4.78, 5) is 4.44. The van der Waals surface area contributed by atoms with Crippen LogP contribution in [0.15, 0.2) is 28.8 Å². The molecular formula is C14H16ClN3O. The minimum Gasteiger partial charge on any atom is -0.339 e. The standard InChI is InChI=1S/C14H16ClN3O/c15-11-6-4-10(5-7-11)14-17-13(19-18-14)9-12-3-1-2-8-16-12/h4-7,12,16H,1-3,8-9H2. The van der Waals surface area contributed by atoms with Crippen molar-refractivity contribution in [2.24, 2.45) is 0 Å². The number of halogens is 1. The van der Waals surface area contributed by atoms with Crippen LogP contribution in [0.5, 0.6) is 0 Å². The van der Waals surface area contributed by atoms with Crippen molar-refractivity contribution in [2.45, 2.75) is 31.7 Å². The van der Waals surface area contributed by atoms with Crippen molar-refractivity contribution in [1.29, 1.82) is 0 Å². The summed E-state index contributed by atoms with van der Waals surface area (Å²) < 4.78 is 5.32. The second-order valence-electron chi connectivity index (χ2n) is 4.87. The third-order valence-electron chi connectivity index (χ3n) is 3.40. The number of piperidine rings is 1. The third kappa shape index (κ3) is 3.14. The molecule has 0 aliphatic carbocycles. The fourth-order valence-electron chi connectivity index (χ4n) is 2.36. The Hall–Kier alpha value is -1.39. The molecule has 0 radical (unpaired) electrons. The Morgan fingerprint density at radius 1 is 1.26 bits per heavy atom. The van der Waals surface area contributed by atoms with Crippen molar-refractivity contribution >= 4 is 11.6 Å². The quantitative estimate of drug-likeness (QED) is 0.937. The van der Waals surface area contributed by atoms with Gasteiger partial charge >= 0.3 is 0 Å². The van der Waals surface area contributed by atoms with E-state index < -0.39 is 0 Å². The van der Waals surface area contributed by atoms with E-state index >= 15 is 0 Å². The highest BCUT2D eigenvalue weighted by Gasteiger charge is 2.17. The molecule has 0 saturated carbocycles. The number of aromatic nitrogens is 2. The zero-order valence-electron chi connectivity index (χ0n) is 10.6. The molecule has 1 fully saturated rings. The zero-order chi connectivity index (χ0) is 13.1. The van der Waals surface area contributed by atoms with Crippen molar-refractivity contribution in [3.63, 3.8) is 0 Å². The topological polar surface area (TPSA) is 51.0 Å². The predicted octanol–water partition coefficient (Wildman–Crippen LogP) is 3.07. The molecule has 3 rings (SSSR count). The molecule has 0 amide bonds. The molecule has 2 heterocycles. The Morgan fingerprint density at radius 2 is 2.11 bits per heavy atom. The smallest absolute Gasteiger partial charge is 0.228 e. The summed E-state index contributed by atoms with van der Waals surface area (Å²) in [6, 6.07) is 7.92. The molecule has 1 aromatic heterocycles. The van der Waals surface area contributed by atoms with Gasteiger partial charge in [0.1, 0.15) is 0 Å². The number of nitrogens with zero attached hydrogens (tertiary/aromatic N) is 2. The monoisotopic (exact) mass is 277 g/mol. The highest BCUT2D eigenvalue weighted by molar-refractivity contribution is 6.30. The van der Waals surface area contributed by atoms with Gasteiger partial charge in [0.25, 0.3) is 0 Å². The van der Waals surface area contributed by atoms with Gasteiger partial charge in [0.15, 0.2) is 0 Å². The average Bonchev–Trinajstić information content (AvgIpc) is 2.89. The molecular weight excluding hydrogens is 262 g/mol. The van der Waals surface area contributed by atoms with Crippen molar-refractivity contribution in [3.05, 3.63) is 35.2 Å². The van der Waals surface area contributed by atoms with Crippen LogP contribution in [0, 0.1) is 0 Å². The van der Waals surface area contributed by atoms with Crippen LogP contribution in [0.3, 0.4) is 0 Å². The maximum absolute atomic E-state index is 5.86. The molecule has 1 unspecified atom stereocenters. The fourth-order valence-corrected chi connectivity index (χ4v) is 2.49. The van der Waals surface area contributed by atoms with Gasteiger partial charge in [0.2, 0.25) is 11.7 Å². The van der Waals surface area contributed by atoms with Crippen molar-refractivity contribution in [2.75, 3.05) is 6.54 Å². The summed E-state index contributed by atoms with van der Waals surface area (Å²) in [5, 5.41) is 8.21. The highest BCUT2D eigenvalue weighted by Crippen LogP contribution is 2.19. The first kappa shape index (κ1) is 12.6. The fraction of sp³-hybridized carbons (Fsp3) is 0.429. The summed E-state index contributed by atoms with van der Waals surface area (Å²) >= 11 is 5.86. The van der Waals surface area contributed by atoms with E-state index in [2.05, 4.69) is 15.5 Å². The highest BCUT2D eigenvalue weighted by atomic mass is 35.5. The van der Waals surface area contributed by atoms with E-state index in [4.69, 9.17) is 16.1 Å². The van der Waals surface area contributed by atoms with Crippen LogP contribution in [0.1, 0.15) is 25.2 Å². The van der Waals surface area contributed by atoms with Gasteiger partial charge in [-0.15, -0.1) is 0 Å². The number of benzene rings is 1. The Kier molecular flexibility index (Phi) is 3.80.